The van der Waals surface area contributed by atoms with Crippen molar-refractivity contribution in [1.82, 2.24) is 9.55 Å². The molecule has 2 N–H and O–H groups in total. The lowest BCUT2D eigenvalue weighted by molar-refractivity contribution is -0.160. The van der Waals surface area contributed by atoms with Crippen LogP contribution in [0.4, 0.5) is 4.39 Å². The van der Waals surface area contributed by atoms with E-state index < -0.39 is 41.8 Å². The van der Waals surface area contributed by atoms with Crippen LogP contribution in [-0.2, 0) is 14.2 Å². The largest absolute Gasteiger partial charge is 0.396 e. The third-order valence-electron chi connectivity index (χ3n) is 4.98. The van der Waals surface area contributed by atoms with E-state index in [0.29, 0.717) is 13.2 Å². The molecule has 0 spiro atoms. The van der Waals surface area contributed by atoms with E-state index in [1.165, 1.54) is 12.3 Å². The molecule has 1 aliphatic rings. The summed E-state index contributed by atoms with van der Waals surface area (Å²) in [6.07, 6.45) is 2.95. The predicted molar refractivity (Wildman–Crippen MR) is 101 cm³/mol. The molecule has 2 heterocycles. The van der Waals surface area contributed by atoms with Crippen molar-refractivity contribution >= 4 is 0 Å². The number of ether oxygens (including phenoxy) is 3. The third-order valence-corrected chi connectivity index (χ3v) is 4.98. The number of aliphatic hydroxyl groups excluding tert-OH is 1. The second-order valence-electron chi connectivity index (χ2n) is 7.12. The molecule has 0 bridgehead atoms. The Bertz CT molecular complexity index is 708. The van der Waals surface area contributed by atoms with E-state index in [9.17, 15) is 19.1 Å². The summed E-state index contributed by atoms with van der Waals surface area (Å²) in [5.74, 6) is -0.689. The van der Waals surface area contributed by atoms with Crippen LogP contribution in [0.3, 0.4) is 0 Å². The summed E-state index contributed by atoms with van der Waals surface area (Å²) in [5.41, 5.74) is -2.67. The van der Waals surface area contributed by atoms with Gasteiger partial charge in [0.1, 0.15) is 24.6 Å². The van der Waals surface area contributed by atoms with Crippen molar-refractivity contribution in [3.63, 3.8) is 0 Å². The average molecular weight is 402 g/mol. The summed E-state index contributed by atoms with van der Waals surface area (Å²) < 4.78 is 33.0. The fourth-order valence-corrected chi connectivity index (χ4v) is 3.39. The predicted octanol–water partition coefficient (Wildman–Crippen LogP) is 1.38. The Kier molecular flexibility index (Phi) is 8.81. The van der Waals surface area contributed by atoms with Crippen molar-refractivity contribution in [3.05, 3.63) is 33.1 Å². The zero-order valence-corrected chi connectivity index (χ0v) is 16.6. The van der Waals surface area contributed by atoms with Crippen molar-refractivity contribution in [3.8, 4) is 0 Å². The van der Waals surface area contributed by atoms with Crippen molar-refractivity contribution in [2.45, 2.75) is 57.5 Å². The van der Waals surface area contributed by atoms with Crippen molar-refractivity contribution in [1.29, 1.82) is 0 Å². The Hall–Kier alpha value is -1.55. The number of rotatable bonds is 12. The highest BCUT2D eigenvalue weighted by Gasteiger charge is 2.57. The van der Waals surface area contributed by atoms with Gasteiger partial charge in [-0.05, 0) is 12.8 Å². The molecule has 0 amide bonds. The molecule has 2 rings (SSSR count). The number of halogens is 1. The monoisotopic (exact) mass is 402 g/mol. The van der Waals surface area contributed by atoms with Crippen LogP contribution < -0.4 is 11.2 Å². The summed E-state index contributed by atoms with van der Waals surface area (Å²) in [4.78, 5) is 25.8. The van der Waals surface area contributed by atoms with Crippen LogP contribution in [0, 0.1) is 5.92 Å². The highest BCUT2D eigenvalue weighted by atomic mass is 19.1. The second-order valence-corrected chi connectivity index (χ2v) is 7.12. The smallest absolute Gasteiger partial charge is 0.330 e. The maximum Gasteiger partial charge on any atom is 0.330 e. The van der Waals surface area contributed by atoms with Gasteiger partial charge in [-0.2, -0.15) is 0 Å². The first-order valence-electron chi connectivity index (χ1n) is 9.88. The van der Waals surface area contributed by atoms with E-state index in [2.05, 4.69) is 4.98 Å². The normalized spacial score (nSPS) is 27.4. The molecule has 1 saturated heterocycles. The molecule has 0 radical (unpaired) electrons. The Labute approximate surface area is 163 Å². The Balaban J connectivity index is 2.34. The molecule has 1 fully saturated rings. The fourth-order valence-electron chi connectivity index (χ4n) is 3.39. The van der Waals surface area contributed by atoms with Gasteiger partial charge in [-0.1, -0.05) is 26.7 Å². The quantitative estimate of drug-likeness (QED) is 0.512. The van der Waals surface area contributed by atoms with Crippen LogP contribution in [-0.4, -0.2) is 59.5 Å². The third kappa shape index (κ3) is 5.08. The van der Waals surface area contributed by atoms with E-state index in [-0.39, 0.29) is 13.2 Å². The number of unbranched alkanes of at least 4 members (excludes halogenated alkanes) is 2. The van der Waals surface area contributed by atoms with Gasteiger partial charge in [0.2, 0.25) is 0 Å². The fraction of sp³-hybridized carbons (Fsp3) is 0.789. The number of aliphatic hydroxyl groups is 1. The maximum absolute atomic E-state index is 14.3. The van der Waals surface area contributed by atoms with Crippen LogP contribution in [0.2, 0.25) is 0 Å². The Morgan fingerprint density at radius 3 is 2.61 bits per heavy atom. The van der Waals surface area contributed by atoms with Crippen LogP contribution >= 0.6 is 0 Å². The molecule has 1 aromatic heterocycles. The molecular weight excluding hydrogens is 371 g/mol. The zero-order valence-electron chi connectivity index (χ0n) is 16.6. The van der Waals surface area contributed by atoms with Gasteiger partial charge < -0.3 is 19.3 Å². The molecule has 9 heteroatoms. The molecule has 160 valence electrons. The summed E-state index contributed by atoms with van der Waals surface area (Å²) in [6, 6.07) is 1.18. The highest BCUT2D eigenvalue weighted by Crippen LogP contribution is 2.43. The summed E-state index contributed by atoms with van der Waals surface area (Å²) in [5, 5.41) is 10.00. The minimum absolute atomic E-state index is 0.0502. The molecule has 0 saturated carbocycles. The number of aromatic amines is 1. The zero-order chi connectivity index (χ0) is 20.6. The lowest BCUT2D eigenvalue weighted by Crippen LogP contribution is -2.50. The van der Waals surface area contributed by atoms with Gasteiger partial charge in [-0.25, -0.2) is 9.18 Å². The topological polar surface area (TPSA) is 103 Å². The number of nitrogens with one attached hydrogen (secondary N) is 1. The number of nitrogens with zero attached hydrogens (tertiary/aromatic N) is 1. The molecule has 0 aliphatic carbocycles. The van der Waals surface area contributed by atoms with E-state index in [1.807, 2.05) is 13.8 Å². The van der Waals surface area contributed by atoms with E-state index in [0.717, 1.165) is 30.3 Å². The van der Waals surface area contributed by atoms with Crippen molar-refractivity contribution in [2.75, 3.05) is 33.1 Å². The van der Waals surface area contributed by atoms with Gasteiger partial charge >= 0.3 is 5.69 Å². The molecule has 8 nitrogen and oxygen atoms in total. The van der Waals surface area contributed by atoms with Gasteiger partial charge in [-0.15, -0.1) is 0 Å². The van der Waals surface area contributed by atoms with Gasteiger partial charge in [0.25, 0.3) is 5.56 Å². The second kappa shape index (κ2) is 10.8. The standard InChI is InChI=1S/C19H31FN2O6/c1-3-5-9-26-13-19(12-20)16(27-10-6-4-2)14(11-23)17(28-19)22-8-7-15(24)21-18(22)25/h7-8,14,16-17,23H,3-6,9-13H2,1-2H3,(H,21,24,25)/t14-,16-,17+,19+/m0/s1. The number of alkyl halides is 1. The van der Waals surface area contributed by atoms with Crippen molar-refractivity contribution < 1.29 is 23.7 Å². The first kappa shape index (κ1) is 22.7. The van der Waals surface area contributed by atoms with E-state index in [1.54, 1.807) is 0 Å². The minimum atomic E-state index is -1.44. The number of H-pyrrole nitrogens is 1. The number of hydrogen-bond acceptors (Lipinski definition) is 6. The first-order chi connectivity index (χ1) is 13.5. The van der Waals surface area contributed by atoms with E-state index in [4.69, 9.17) is 14.2 Å². The van der Waals surface area contributed by atoms with Gasteiger partial charge in [-0.3, -0.25) is 14.3 Å². The van der Waals surface area contributed by atoms with Crippen LogP contribution in [0.15, 0.2) is 21.9 Å². The van der Waals surface area contributed by atoms with E-state index >= 15 is 0 Å². The summed E-state index contributed by atoms with van der Waals surface area (Å²) >= 11 is 0. The molecule has 0 unspecified atom stereocenters. The lowest BCUT2D eigenvalue weighted by atomic mass is 9.91. The molecular formula is C19H31FN2O6. The summed E-state index contributed by atoms with van der Waals surface area (Å²) in [7, 11) is 0. The number of hydrogen-bond donors (Lipinski definition) is 2. The number of aromatic nitrogens is 2. The van der Waals surface area contributed by atoms with Crippen LogP contribution in [0.5, 0.6) is 0 Å². The first-order valence-corrected chi connectivity index (χ1v) is 9.88. The minimum Gasteiger partial charge on any atom is -0.396 e. The molecule has 28 heavy (non-hydrogen) atoms. The molecule has 0 aromatic carbocycles. The van der Waals surface area contributed by atoms with Gasteiger partial charge in [0, 0.05) is 25.5 Å². The molecule has 1 aromatic rings. The van der Waals surface area contributed by atoms with Crippen molar-refractivity contribution in [2.24, 2.45) is 5.92 Å². The lowest BCUT2D eigenvalue weighted by Gasteiger charge is -2.32. The molecule has 1 aliphatic heterocycles. The maximum atomic E-state index is 14.3. The van der Waals surface area contributed by atoms with Crippen LogP contribution in [0.25, 0.3) is 0 Å². The van der Waals surface area contributed by atoms with Gasteiger partial charge in [0.05, 0.1) is 19.1 Å². The van der Waals surface area contributed by atoms with Crippen LogP contribution in [0.1, 0.15) is 45.8 Å². The molecule has 4 atom stereocenters. The highest BCUT2D eigenvalue weighted by molar-refractivity contribution is 5.03. The SMILES string of the molecule is CCCCOC[C@@]1(CF)O[C@@H](n2ccc(=O)[nH]c2=O)[C@@H](CO)[C@@H]1OCCCC. The Morgan fingerprint density at radius 2 is 2.00 bits per heavy atom. The summed E-state index contributed by atoms with van der Waals surface area (Å²) in [6.45, 7) is 3.56. The Morgan fingerprint density at radius 1 is 1.29 bits per heavy atom. The van der Waals surface area contributed by atoms with Gasteiger partial charge in [0.15, 0.2) is 0 Å². The average Bonchev–Trinajstić information content (AvgIpc) is 2.99.